The smallest absolute Gasteiger partial charge is 0.267 e. The van der Waals surface area contributed by atoms with Crippen molar-refractivity contribution < 1.29 is 9.18 Å². The maximum Gasteiger partial charge on any atom is 0.267 e. The highest BCUT2D eigenvalue weighted by atomic mass is 79.9. The summed E-state index contributed by atoms with van der Waals surface area (Å²) in [4.78, 5) is 12.0. The van der Waals surface area contributed by atoms with Crippen molar-refractivity contribution in [1.82, 2.24) is 0 Å². The van der Waals surface area contributed by atoms with Gasteiger partial charge in [-0.3, -0.25) is 4.79 Å². The lowest BCUT2D eigenvalue weighted by molar-refractivity contribution is -0.112. The second-order valence-electron chi connectivity index (χ2n) is 4.28. The quantitative estimate of drug-likeness (QED) is 0.639. The maximum absolute atomic E-state index is 12.8. The SMILES string of the molecule is N#C/C(=C/Nc1ccc(F)cc1)C(=O)Nc1ccc(Br)cc1. The van der Waals surface area contributed by atoms with E-state index in [4.69, 9.17) is 5.26 Å². The Labute approximate surface area is 135 Å². The summed E-state index contributed by atoms with van der Waals surface area (Å²) in [5.41, 5.74) is 1.06. The summed E-state index contributed by atoms with van der Waals surface area (Å²) in [5, 5.41) is 14.4. The van der Waals surface area contributed by atoms with Crippen molar-refractivity contribution in [3.63, 3.8) is 0 Å². The van der Waals surface area contributed by atoms with E-state index in [1.165, 1.54) is 30.5 Å². The molecule has 2 aromatic rings. The molecule has 0 aliphatic heterocycles. The van der Waals surface area contributed by atoms with Crippen LogP contribution in [0.4, 0.5) is 15.8 Å². The number of hydrogen-bond donors (Lipinski definition) is 2. The van der Waals surface area contributed by atoms with Gasteiger partial charge >= 0.3 is 0 Å². The third kappa shape index (κ3) is 4.43. The molecule has 22 heavy (non-hydrogen) atoms. The zero-order valence-corrected chi connectivity index (χ0v) is 12.9. The summed E-state index contributed by atoms with van der Waals surface area (Å²) < 4.78 is 13.7. The average Bonchev–Trinajstić information content (AvgIpc) is 2.52. The number of carbonyl (C=O) groups excluding carboxylic acids is 1. The summed E-state index contributed by atoms with van der Waals surface area (Å²) in [7, 11) is 0. The molecule has 0 spiro atoms. The standard InChI is InChI=1S/C16H11BrFN3O/c17-12-1-5-15(6-2-12)21-16(22)11(9-19)10-20-14-7-3-13(18)4-8-14/h1-8,10,20H,(H,21,22)/b11-10-. The first-order chi connectivity index (χ1) is 10.6. The van der Waals surface area contributed by atoms with Crippen LogP contribution >= 0.6 is 15.9 Å². The van der Waals surface area contributed by atoms with Gasteiger partial charge < -0.3 is 10.6 Å². The van der Waals surface area contributed by atoms with E-state index in [9.17, 15) is 9.18 Å². The van der Waals surface area contributed by atoms with Crippen LogP contribution in [0.5, 0.6) is 0 Å². The molecular weight excluding hydrogens is 349 g/mol. The minimum absolute atomic E-state index is 0.0905. The molecule has 0 atom stereocenters. The monoisotopic (exact) mass is 359 g/mol. The second-order valence-corrected chi connectivity index (χ2v) is 5.20. The van der Waals surface area contributed by atoms with E-state index in [1.54, 1.807) is 24.3 Å². The molecule has 110 valence electrons. The van der Waals surface area contributed by atoms with E-state index >= 15 is 0 Å². The highest BCUT2D eigenvalue weighted by Gasteiger charge is 2.09. The van der Waals surface area contributed by atoms with Crippen LogP contribution in [-0.2, 0) is 4.79 Å². The molecule has 0 aliphatic rings. The Morgan fingerprint density at radius 2 is 1.68 bits per heavy atom. The van der Waals surface area contributed by atoms with Crippen LogP contribution in [0.25, 0.3) is 0 Å². The van der Waals surface area contributed by atoms with Crippen LogP contribution in [0.2, 0.25) is 0 Å². The number of rotatable bonds is 4. The normalized spacial score (nSPS) is 10.7. The van der Waals surface area contributed by atoms with E-state index in [0.29, 0.717) is 11.4 Å². The summed E-state index contributed by atoms with van der Waals surface area (Å²) in [5.74, 6) is -0.887. The number of amides is 1. The van der Waals surface area contributed by atoms with Gasteiger partial charge in [-0.05, 0) is 48.5 Å². The Kier molecular flexibility index (Phi) is 5.28. The summed E-state index contributed by atoms with van der Waals surface area (Å²) in [6, 6.07) is 14.4. The zero-order valence-electron chi connectivity index (χ0n) is 11.3. The van der Waals surface area contributed by atoms with E-state index in [2.05, 4.69) is 26.6 Å². The number of nitrogens with zero attached hydrogens (tertiary/aromatic N) is 1. The Morgan fingerprint density at radius 1 is 1.09 bits per heavy atom. The molecule has 0 saturated heterocycles. The lowest BCUT2D eigenvalue weighted by atomic mass is 10.2. The van der Waals surface area contributed by atoms with Gasteiger partial charge in [0.05, 0.1) is 0 Å². The average molecular weight is 360 g/mol. The molecule has 0 radical (unpaired) electrons. The number of nitriles is 1. The molecule has 0 bridgehead atoms. The predicted molar refractivity (Wildman–Crippen MR) is 86.5 cm³/mol. The van der Waals surface area contributed by atoms with Crippen molar-refractivity contribution in [3.05, 3.63) is 70.6 Å². The molecule has 0 heterocycles. The zero-order chi connectivity index (χ0) is 15.9. The number of carbonyl (C=O) groups is 1. The van der Waals surface area contributed by atoms with Crippen LogP contribution < -0.4 is 10.6 Å². The van der Waals surface area contributed by atoms with Crippen molar-refractivity contribution in [1.29, 1.82) is 5.26 Å². The van der Waals surface area contributed by atoms with E-state index in [-0.39, 0.29) is 11.4 Å². The van der Waals surface area contributed by atoms with E-state index < -0.39 is 5.91 Å². The molecule has 4 nitrogen and oxygen atoms in total. The lowest BCUT2D eigenvalue weighted by Crippen LogP contribution is -2.14. The molecule has 0 saturated carbocycles. The number of benzene rings is 2. The highest BCUT2D eigenvalue weighted by molar-refractivity contribution is 9.10. The van der Waals surface area contributed by atoms with Crippen LogP contribution in [-0.4, -0.2) is 5.91 Å². The lowest BCUT2D eigenvalue weighted by Gasteiger charge is -2.05. The van der Waals surface area contributed by atoms with E-state index in [1.807, 2.05) is 6.07 Å². The predicted octanol–water partition coefficient (Wildman–Crippen LogP) is 4.05. The van der Waals surface area contributed by atoms with E-state index in [0.717, 1.165) is 4.47 Å². The summed E-state index contributed by atoms with van der Waals surface area (Å²) in [6.07, 6.45) is 1.28. The first-order valence-electron chi connectivity index (χ1n) is 6.28. The fourth-order valence-electron chi connectivity index (χ4n) is 1.58. The molecule has 0 aromatic heterocycles. The third-order valence-corrected chi connectivity index (χ3v) is 3.22. The summed E-state index contributed by atoms with van der Waals surface area (Å²) in [6.45, 7) is 0. The number of halogens is 2. The van der Waals surface area contributed by atoms with Gasteiger partial charge in [-0.25, -0.2) is 4.39 Å². The molecule has 1 amide bonds. The molecule has 0 unspecified atom stereocenters. The topological polar surface area (TPSA) is 64.9 Å². The van der Waals surface area contributed by atoms with Gasteiger partial charge in [0.15, 0.2) is 0 Å². The second kappa shape index (κ2) is 7.38. The summed E-state index contributed by atoms with van der Waals surface area (Å²) >= 11 is 3.30. The third-order valence-electron chi connectivity index (χ3n) is 2.69. The molecular formula is C16H11BrFN3O. The molecule has 2 aromatic carbocycles. The Morgan fingerprint density at radius 3 is 2.27 bits per heavy atom. The fourth-order valence-corrected chi connectivity index (χ4v) is 1.85. The van der Waals surface area contributed by atoms with Crippen molar-refractivity contribution in [2.75, 3.05) is 10.6 Å². The Bertz CT molecular complexity index is 733. The van der Waals surface area contributed by atoms with Crippen molar-refractivity contribution in [2.24, 2.45) is 0 Å². The minimum Gasteiger partial charge on any atom is -0.360 e. The van der Waals surface area contributed by atoms with Gasteiger partial charge in [0.25, 0.3) is 5.91 Å². The van der Waals surface area contributed by atoms with Crippen molar-refractivity contribution >= 4 is 33.2 Å². The van der Waals surface area contributed by atoms with Crippen LogP contribution in [0.15, 0.2) is 64.8 Å². The van der Waals surface area contributed by atoms with Crippen molar-refractivity contribution in [2.45, 2.75) is 0 Å². The van der Waals surface area contributed by atoms with Gasteiger partial charge in [-0.15, -0.1) is 0 Å². The Hall–Kier alpha value is -2.65. The molecule has 2 rings (SSSR count). The van der Waals surface area contributed by atoms with Crippen LogP contribution in [0, 0.1) is 17.1 Å². The van der Waals surface area contributed by atoms with Crippen molar-refractivity contribution in [3.8, 4) is 6.07 Å². The van der Waals surface area contributed by atoms with Gasteiger partial charge in [0.1, 0.15) is 17.5 Å². The first kappa shape index (κ1) is 15.7. The molecule has 2 N–H and O–H groups in total. The van der Waals surface area contributed by atoms with Gasteiger partial charge in [0, 0.05) is 22.0 Å². The van der Waals surface area contributed by atoms with Crippen LogP contribution in [0.1, 0.15) is 0 Å². The van der Waals surface area contributed by atoms with Gasteiger partial charge in [-0.1, -0.05) is 15.9 Å². The minimum atomic E-state index is -0.528. The number of nitrogens with one attached hydrogen (secondary N) is 2. The van der Waals surface area contributed by atoms with Gasteiger partial charge in [0.2, 0.25) is 0 Å². The first-order valence-corrected chi connectivity index (χ1v) is 7.07. The number of hydrogen-bond acceptors (Lipinski definition) is 3. The largest absolute Gasteiger partial charge is 0.360 e. The van der Waals surface area contributed by atoms with Crippen LogP contribution in [0.3, 0.4) is 0 Å². The molecule has 0 fully saturated rings. The fraction of sp³-hybridized carbons (Fsp3) is 0. The highest BCUT2D eigenvalue weighted by Crippen LogP contribution is 2.15. The molecule has 0 aliphatic carbocycles. The number of anilines is 2. The molecule has 6 heteroatoms. The Balaban J connectivity index is 2.05. The van der Waals surface area contributed by atoms with Gasteiger partial charge in [-0.2, -0.15) is 5.26 Å². The maximum atomic E-state index is 12.8.